The molecule has 3 rings (SSSR count). The molecule has 1 aliphatic rings. The topological polar surface area (TPSA) is 47.6 Å². The number of thioether (sulfide) groups is 1. The first kappa shape index (κ1) is 21.4. The molecule has 0 radical (unpaired) electrons. The van der Waals surface area contributed by atoms with Crippen molar-refractivity contribution >= 4 is 40.3 Å². The number of hydrogen-bond donors (Lipinski definition) is 1. The van der Waals surface area contributed by atoms with Crippen LogP contribution in [0.5, 0.6) is 11.5 Å². The van der Waals surface area contributed by atoms with Gasteiger partial charge in [0.15, 0.2) is 0 Å². The van der Waals surface area contributed by atoms with E-state index < -0.39 is 0 Å². The number of rotatable bonds is 8. The van der Waals surface area contributed by atoms with Gasteiger partial charge in [0.25, 0.3) is 5.91 Å². The number of nitrogens with one attached hydrogen (secondary N) is 1. The summed E-state index contributed by atoms with van der Waals surface area (Å²) in [6, 6.07) is 14.0. The Morgan fingerprint density at radius 1 is 1.14 bits per heavy atom. The summed E-state index contributed by atoms with van der Waals surface area (Å²) in [6.45, 7) is 7.57. The lowest BCUT2D eigenvalue weighted by molar-refractivity contribution is -0.115. The molecule has 0 bridgehead atoms. The van der Waals surface area contributed by atoms with Gasteiger partial charge in [-0.3, -0.25) is 4.79 Å². The van der Waals surface area contributed by atoms with Gasteiger partial charge < -0.3 is 14.8 Å². The van der Waals surface area contributed by atoms with E-state index in [2.05, 4.69) is 44.3 Å². The van der Waals surface area contributed by atoms with Gasteiger partial charge in [-0.25, -0.2) is 0 Å². The second kappa shape index (κ2) is 9.94. The first-order chi connectivity index (χ1) is 13.9. The lowest BCUT2D eigenvalue weighted by Gasteiger charge is -2.15. The average molecular weight is 428 g/mol. The second-order valence-corrected chi connectivity index (χ2v) is 8.89. The molecule has 152 valence electrons. The minimum atomic E-state index is -0.152. The molecule has 0 unspecified atom stereocenters. The summed E-state index contributed by atoms with van der Waals surface area (Å²) in [5, 5.41) is 2.62. The van der Waals surface area contributed by atoms with Crippen LogP contribution in [0.3, 0.4) is 0 Å². The summed E-state index contributed by atoms with van der Waals surface area (Å²) >= 11 is 6.29. The summed E-state index contributed by atoms with van der Waals surface area (Å²) in [7, 11) is 0. The number of benzene rings is 2. The van der Waals surface area contributed by atoms with Crippen LogP contribution < -0.4 is 14.8 Å². The number of amides is 1. The first-order valence-corrected chi connectivity index (χ1v) is 10.9. The van der Waals surface area contributed by atoms with Crippen LogP contribution >= 0.6 is 24.0 Å². The van der Waals surface area contributed by atoms with Crippen molar-refractivity contribution in [1.82, 2.24) is 5.32 Å². The predicted octanol–water partition coefficient (Wildman–Crippen LogP) is 5.46. The van der Waals surface area contributed by atoms with Gasteiger partial charge in [0.1, 0.15) is 15.8 Å². The normalized spacial score (nSPS) is 15.1. The van der Waals surface area contributed by atoms with E-state index in [4.69, 9.17) is 21.7 Å². The van der Waals surface area contributed by atoms with E-state index in [9.17, 15) is 4.79 Å². The van der Waals surface area contributed by atoms with Crippen LogP contribution in [0.2, 0.25) is 0 Å². The highest BCUT2D eigenvalue weighted by molar-refractivity contribution is 8.26. The van der Waals surface area contributed by atoms with Crippen molar-refractivity contribution in [1.29, 1.82) is 0 Å². The van der Waals surface area contributed by atoms with Gasteiger partial charge in [0.2, 0.25) is 0 Å². The molecule has 2 aromatic rings. The number of aryl methyl sites for hydroxylation is 1. The molecule has 2 aromatic carbocycles. The molecular weight excluding hydrogens is 402 g/mol. The van der Waals surface area contributed by atoms with E-state index in [0.717, 1.165) is 23.5 Å². The maximum Gasteiger partial charge on any atom is 0.263 e. The summed E-state index contributed by atoms with van der Waals surface area (Å²) in [5.41, 5.74) is 3.33. The van der Waals surface area contributed by atoms with Gasteiger partial charge in [0, 0.05) is 6.42 Å². The van der Waals surface area contributed by atoms with Crippen LogP contribution in [0.4, 0.5) is 0 Å². The van der Waals surface area contributed by atoms with Gasteiger partial charge in [-0.05, 0) is 53.8 Å². The molecule has 0 spiro atoms. The Kier molecular flexibility index (Phi) is 7.34. The zero-order chi connectivity index (χ0) is 20.8. The highest BCUT2D eigenvalue weighted by atomic mass is 32.2. The minimum absolute atomic E-state index is 0.152. The van der Waals surface area contributed by atoms with Crippen LogP contribution in [0.1, 0.15) is 42.9 Å². The maximum absolute atomic E-state index is 11.8. The number of thiocarbonyl (C=S) groups is 1. The van der Waals surface area contributed by atoms with Gasteiger partial charge >= 0.3 is 0 Å². The first-order valence-electron chi connectivity index (χ1n) is 9.63. The summed E-state index contributed by atoms with van der Waals surface area (Å²) < 4.78 is 12.3. The van der Waals surface area contributed by atoms with Crippen molar-refractivity contribution in [2.45, 2.75) is 33.1 Å². The van der Waals surface area contributed by atoms with Crippen molar-refractivity contribution in [3.05, 3.63) is 64.1 Å². The van der Waals surface area contributed by atoms with Crippen molar-refractivity contribution in [3.8, 4) is 11.5 Å². The van der Waals surface area contributed by atoms with Crippen LogP contribution in [0.25, 0.3) is 6.08 Å². The number of ether oxygens (including phenoxy) is 2. The lowest BCUT2D eigenvalue weighted by Crippen LogP contribution is -2.17. The molecular formula is C23H25NO3S2. The molecule has 4 nitrogen and oxygen atoms in total. The third-order valence-corrected chi connectivity index (χ3v) is 5.57. The quantitative estimate of drug-likeness (QED) is 0.345. The van der Waals surface area contributed by atoms with E-state index >= 15 is 0 Å². The minimum Gasteiger partial charge on any atom is -0.493 e. The van der Waals surface area contributed by atoms with E-state index in [1.807, 2.05) is 30.3 Å². The average Bonchev–Trinajstić information content (AvgIpc) is 2.98. The zero-order valence-corrected chi connectivity index (χ0v) is 18.5. The molecule has 0 aromatic heterocycles. The lowest BCUT2D eigenvalue weighted by atomic mass is 10.0. The zero-order valence-electron chi connectivity index (χ0n) is 16.9. The van der Waals surface area contributed by atoms with E-state index in [1.165, 1.54) is 22.9 Å². The molecule has 1 amide bonds. The molecule has 1 N–H and O–H groups in total. The van der Waals surface area contributed by atoms with Crippen LogP contribution in [-0.2, 0) is 4.79 Å². The smallest absolute Gasteiger partial charge is 0.263 e. The van der Waals surface area contributed by atoms with E-state index in [-0.39, 0.29) is 5.91 Å². The Bertz CT molecular complexity index is 937. The molecule has 0 saturated carbocycles. The highest BCUT2D eigenvalue weighted by Gasteiger charge is 2.21. The van der Waals surface area contributed by atoms with Gasteiger partial charge in [-0.1, -0.05) is 62.1 Å². The molecule has 0 aliphatic carbocycles. The largest absolute Gasteiger partial charge is 0.493 e. The monoisotopic (exact) mass is 427 g/mol. The fraction of sp³-hybridized carbons (Fsp3) is 0.304. The third kappa shape index (κ3) is 6.08. The number of carbonyl (C=O) groups excluding carboxylic acids is 1. The highest BCUT2D eigenvalue weighted by Crippen LogP contribution is 2.28. The summed E-state index contributed by atoms with van der Waals surface area (Å²) in [5.74, 6) is 2.00. The predicted molar refractivity (Wildman–Crippen MR) is 124 cm³/mol. The van der Waals surface area contributed by atoms with Crippen LogP contribution in [-0.4, -0.2) is 23.4 Å². The van der Waals surface area contributed by atoms with Gasteiger partial charge in [-0.15, -0.1) is 0 Å². The van der Waals surface area contributed by atoms with Gasteiger partial charge in [0.05, 0.1) is 18.1 Å². The fourth-order valence-electron chi connectivity index (χ4n) is 2.94. The van der Waals surface area contributed by atoms with E-state index in [0.29, 0.717) is 28.4 Å². The molecule has 29 heavy (non-hydrogen) atoms. The number of hydrogen-bond acceptors (Lipinski definition) is 5. The van der Waals surface area contributed by atoms with Crippen molar-refractivity contribution in [3.63, 3.8) is 0 Å². The van der Waals surface area contributed by atoms with E-state index in [1.54, 1.807) is 0 Å². The Labute approximate surface area is 181 Å². The Morgan fingerprint density at radius 3 is 2.66 bits per heavy atom. The molecule has 0 atom stereocenters. The van der Waals surface area contributed by atoms with Crippen molar-refractivity contribution in [2.75, 3.05) is 13.2 Å². The second-order valence-electron chi connectivity index (χ2n) is 7.17. The van der Waals surface area contributed by atoms with Crippen LogP contribution in [0.15, 0.2) is 47.4 Å². The molecule has 1 saturated heterocycles. The Hall–Kier alpha value is -2.31. The SMILES string of the molecule is Cc1ccc(C(C)C)c(OCCCOc2cccc(C=C3SC(=S)NC3=O)c2)c1. The molecule has 6 heteroatoms. The maximum atomic E-state index is 11.8. The molecule has 1 heterocycles. The van der Waals surface area contributed by atoms with Crippen molar-refractivity contribution < 1.29 is 14.3 Å². The standard InChI is InChI=1S/C23H25NO3S2/c1-15(2)19-9-8-16(3)12-20(19)27-11-5-10-26-18-7-4-6-17(13-18)14-21-22(25)24-23(28)29-21/h4,6-9,12-15H,5,10-11H2,1-3H3,(H,24,25,28). The fourth-order valence-corrected chi connectivity index (χ4v) is 3.99. The molecule has 1 fully saturated rings. The summed E-state index contributed by atoms with van der Waals surface area (Å²) in [4.78, 5) is 12.4. The van der Waals surface area contributed by atoms with Gasteiger partial charge in [-0.2, -0.15) is 0 Å². The third-order valence-electron chi connectivity index (χ3n) is 4.40. The van der Waals surface area contributed by atoms with Crippen LogP contribution in [0, 0.1) is 6.92 Å². The molecule has 1 aliphatic heterocycles. The Morgan fingerprint density at radius 2 is 1.93 bits per heavy atom. The van der Waals surface area contributed by atoms with Crippen molar-refractivity contribution in [2.24, 2.45) is 0 Å². The summed E-state index contributed by atoms with van der Waals surface area (Å²) in [6.07, 6.45) is 2.60. The number of carbonyl (C=O) groups is 1. The Balaban J connectivity index is 1.51.